The summed E-state index contributed by atoms with van der Waals surface area (Å²) in [4.78, 5) is 11.9. The van der Waals surface area contributed by atoms with E-state index in [0.29, 0.717) is 15.2 Å². The molecule has 2 rings (SSSR count). The average Bonchev–Trinajstić information content (AvgIpc) is 2.76. The van der Waals surface area contributed by atoms with Gasteiger partial charge in [-0.3, -0.25) is 10.1 Å². The number of hydrogen-bond donors (Lipinski definition) is 1. The summed E-state index contributed by atoms with van der Waals surface area (Å²) in [6.45, 7) is 1.96. The SMILES string of the molecule is CCc1nnc(NC(=O)c2ccc(F)cc2Br)s1. The number of carbonyl (C=O) groups excluding carboxylic acids is 1. The minimum absolute atomic E-state index is 0.347. The number of benzene rings is 1. The van der Waals surface area contributed by atoms with E-state index in [1.807, 2.05) is 6.92 Å². The van der Waals surface area contributed by atoms with E-state index in [0.717, 1.165) is 11.4 Å². The maximum atomic E-state index is 12.9. The van der Waals surface area contributed by atoms with E-state index >= 15 is 0 Å². The van der Waals surface area contributed by atoms with Gasteiger partial charge in [-0.25, -0.2) is 4.39 Å². The fraction of sp³-hybridized carbons (Fsp3) is 0.182. The second-order valence-electron chi connectivity index (χ2n) is 3.43. The van der Waals surface area contributed by atoms with Crippen LogP contribution in [0, 0.1) is 5.82 Å². The lowest BCUT2D eigenvalue weighted by atomic mass is 10.2. The maximum absolute atomic E-state index is 12.9. The summed E-state index contributed by atoms with van der Waals surface area (Å²) in [6.07, 6.45) is 0.772. The van der Waals surface area contributed by atoms with Crippen LogP contribution in [0.2, 0.25) is 0 Å². The molecule has 7 heteroatoms. The number of hydrogen-bond acceptors (Lipinski definition) is 4. The van der Waals surface area contributed by atoms with Gasteiger partial charge >= 0.3 is 0 Å². The molecule has 0 aliphatic heterocycles. The molecule has 2 aromatic rings. The van der Waals surface area contributed by atoms with Gasteiger partial charge in [-0.05, 0) is 40.5 Å². The van der Waals surface area contributed by atoms with E-state index in [4.69, 9.17) is 0 Å². The van der Waals surface area contributed by atoms with Gasteiger partial charge in [0.2, 0.25) is 5.13 Å². The highest BCUT2D eigenvalue weighted by molar-refractivity contribution is 9.10. The summed E-state index contributed by atoms with van der Waals surface area (Å²) >= 11 is 4.47. The minimum atomic E-state index is -0.400. The van der Waals surface area contributed by atoms with E-state index in [-0.39, 0.29) is 5.91 Å². The first kappa shape index (κ1) is 13.1. The molecule has 1 heterocycles. The van der Waals surface area contributed by atoms with Crippen LogP contribution >= 0.6 is 27.3 Å². The van der Waals surface area contributed by atoms with Gasteiger partial charge in [0.1, 0.15) is 10.8 Å². The molecular weight excluding hydrogens is 321 g/mol. The van der Waals surface area contributed by atoms with Crippen molar-refractivity contribution in [2.24, 2.45) is 0 Å². The standard InChI is InChI=1S/C11H9BrFN3OS/c1-2-9-15-16-11(18-9)14-10(17)7-4-3-6(13)5-8(7)12/h3-5H,2H2,1H3,(H,14,16,17). The molecule has 0 saturated carbocycles. The van der Waals surface area contributed by atoms with Gasteiger partial charge in [-0.2, -0.15) is 0 Å². The van der Waals surface area contributed by atoms with Gasteiger partial charge in [0, 0.05) is 4.47 Å². The van der Waals surface area contributed by atoms with Crippen LogP contribution < -0.4 is 5.32 Å². The molecule has 18 heavy (non-hydrogen) atoms. The van der Waals surface area contributed by atoms with Gasteiger partial charge in [0.25, 0.3) is 5.91 Å². The second-order valence-corrected chi connectivity index (χ2v) is 5.35. The van der Waals surface area contributed by atoms with Crippen molar-refractivity contribution in [1.82, 2.24) is 10.2 Å². The van der Waals surface area contributed by atoms with Crippen molar-refractivity contribution < 1.29 is 9.18 Å². The first-order valence-electron chi connectivity index (χ1n) is 5.19. The second kappa shape index (κ2) is 5.53. The summed E-state index contributed by atoms with van der Waals surface area (Å²) in [5.74, 6) is -0.747. The average molecular weight is 330 g/mol. The Bertz CT molecular complexity index is 587. The molecule has 0 fully saturated rings. The van der Waals surface area contributed by atoms with Crippen LogP contribution in [0.4, 0.5) is 9.52 Å². The molecule has 0 atom stereocenters. The van der Waals surface area contributed by atoms with Gasteiger partial charge < -0.3 is 0 Å². The van der Waals surface area contributed by atoms with Crippen molar-refractivity contribution in [3.8, 4) is 0 Å². The van der Waals surface area contributed by atoms with Crippen LogP contribution in [0.15, 0.2) is 22.7 Å². The maximum Gasteiger partial charge on any atom is 0.258 e. The Morgan fingerprint density at radius 3 is 2.89 bits per heavy atom. The summed E-state index contributed by atoms with van der Waals surface area (Å²) in [5.41, 5.74) is 0.352. The number of aryl methyl sites for hydroxylation is 1. The monoisotopic (exact) mass is 329 g/mol. The Labute approximate surface area is 115 Å². The Hall–Kier alpha value is -1.34. The molecule has 1 aromatic heterocycles. The van der Waals surface area contributed by atoms with Crippen LogP contribution in [0.3, 0.4) is 0 Å². The molecule has 1 amide bonds. The Kier molecular flexibility index (Phi) is 4.03. The van der Waals surface area contributed by atoms with Gasteiger partial charge in [-0.1, -0.05) is 18.3 Å². The van der Waals surface area contributed by atoms with Crippen LogP contribution in [0.25, 0.3) is 0 Å². The van der Waals surface area contributed by atoms with Crippen molar-refractivity contribution in [1.29, 1.82) is 0 Å². The number of halogens is 2. The highest BCUT2D eigenvalue weighted by atomic mass is 79.9. The highest BCUT2D eigenvalue weighted by Crippen LogP contribution is 2.21. The van der Waals surface area contributed by atoms with E-state index in [9.17, 15) is 9.18 Å². The van der Waals surface area contributed by atoms with Crippen LogP contribution in [0.5, 0.6) is 0 Å². The number of rotatable bonds is 3. The Balaban J connectivity index is 2.16. The van der Waals surface area contributed by atoms with Gasteiger partial charge in [0.05, 0.1) is 5.56 Å². The Morgan fingerprint density at radius 2 is 2.28 bits per heavy atom. The summed E-state index contributed by atoms with van der Waals surface area (Å²) < 4.78 is 13.3. The van der Waals surface area contributed by atoms with Crippen LogP contribution in [-0.4, -0.2) is 16.1 Å². The van der Waals surface area contributed by atoms with Crippen molar-refractivity contribution in [2.75, 3.05) is 5.32 Å². The third kappa shape index (κ3) is 2.91. The smallest absolute Gasteiger partial charge is 0.258 e. The molecule has 0 unspecified atom stereocenters. The number of nitrogens with one attached hydrogen (secondary N) is 1. The fourth-order valence-corrected chi connectivity index (χ4v) is 2.49. The summed E-state index contributed by atoms with van der Waals surface area (Å²) in [5, 5.41) is 11.7. The molecule has 94 valence electrons. The van der Waals surface area contributed by atoms with Crippen molar-refractivity contribution in [3.63, 3.8) is 0 Å². The Morgan fingerprint density at radius 1 is 1.50 bits per heavy atom. The van der Waals surface area contributed by atoms with E-state index in [1.165, 1.54) is 29.5 Å². The molecule has 0 spiro atoms. The number of amides is 1. The lowest BCUT2D eigenvalue weighted by Gasteiger charge is -2.03. The first-order chi connectivity index (χ1) is 8.60. The summed E-state index contributed by atoms with van der Waals surface area (Å²) in [7, 11) is 0. The molecule has 0 bridgehead atoms. The lowest BCUT2D eigenvalue weighted by molar-refractivity contribution is 0.102. The fourth-order valence-electron chi connectivity index (χ4n) is 1.29. The number of aromatic nitrogens is 2. The largest absolute Gasteiger partial charge is 0.296 e. The predicted molar refractivity (Wildman–Crippen MR) is 71.3 cm³/mol. The zero-order valence-electron chi connectivity index (χ0n) is 9.41. The summed E-state index contributed by atoms with van der Waals surface area (Å²) in [6, 6.07) is 3.89. The van der Waals surface area contributed by atoms with Crippen molar-refractivity contribution in [2.45, 2.75) is 13.3 Å². The topological polar surface area (TPSA) is 54.9 Å². The number of nitrogens with zero attached hydrogens (tertiary/aromatic N) is 2. The molecule has 0 aliphatic carbocycles. The van der Waals surface area contributed by atoms with Crippen LogP contribution in [-0.2, 0) is 6.42 Å². The molecular formula is C11H9BrFN3OS. The van der Waals surface area contributed by atoms with Crippen molar-refractivity contribution in [3.05, 3.63) is 39.1 Å². The molecule has 0 radical (unpaired) electrons. The highest BCUT2D eigenvalue weighted by Gasteiger charge is 2.13. The first-order valence-corrected chi connectivity index (χ1v) is 6.80. The zero-order valence-corrected chi connectivity index (χ0v) is 11.8. The normalized spacial score (nSPS) is 10.4. The molecule has 0 saturated heterocycles. The minimum Gasteiger partial charge on any atom is -0.296 e. The molecule has 1 aromatic carbocycles. The van der Waals surface area contributed by atoms with Crippen molar-refractivity contribution >= 4 is 38.3 Å². The third-order valence-corrected chi connectivity index (χ3v) is 3.80. The number of anilines is 1. The quantitative estimate of drug-likeness (QED) is 0.940. The van der Waals surface area contributed by atoms with Gasteiger partial charge in [-0.15, -0.1) is 10.2 Å². The molecule has 4 nitrogen and oxygen atoms in total. The molecule has 0 aliphatic rings. The predicted octanol–water partition coefficient (Wildman–Crippen LogP) is 3.25. The lowest BCUT2D eigenvalue weighted by Crippen LogP contribution is -2.12. The number of carbonyl (C=O) groups is 1. The van der Waals surface area contributed by atoms with Gasteiger partial charge in [0.15, 0.2) is 0 Å². The zero-order chi connectivity index (χ0) is 13.1. The third-order valence-electron chi connectivity index (χ3n) is 2.17. The van der Waals surface area contributed by atoms with E-state index in [1.54, 1.807) is 0 Å². The molecule has 1 N–H and O–H groups in total. The van der Waals surface area contributed by atoms with E-state index in [2.05, 4.69) is 31.4 Å². The van der Waals surface area contributed by atoms with Crippen LogP contribution in [0.1, 0.15) is 22.3 Å². The van der Waals surface area contributed by atoms with E-state index < -0.39 is 5.82 Å².